The van der Waals surface area contributed by atoms with Crippen LogP contribution < -0.4 is 5.32 Å². The highest BCUT2D eigenvalue weighted by Gasteiger charge is 2.01. The zero-order chi connectivity index (χ0) is 13.5. The lowest BCUT2D eigenvalue weighted by atomic mass is 10.6. The molecule has 0 spiro atoms. The predicted octanol–water partition coefficient (Wildman–Crippen LogP) is 1.58. The van der Waals surface area contributed by atoms with E-state index >= 15 is 0 Å². The van der Waals surface area contributed by atoms with Crippen molar-refractivity contribution in [1.82, 2.24) is 5.32 Å². The molecule has 0 aromatic heterocycles. The molecule has 1 N–H and O–H groups in total. The fourth-order valence-electron chi connectivity index (χ4n) is 0.415. The lowest BCUT2D eigenvalue weighted by Crippen LogP contribution is -2.04. The third-order valence-corrected chi connectivity index (χ3v) is 2.67. The van der Waals surface area contributed by atoms with E-state index in [4.69, 9.17) is 0 Å². The lowest BCUT2D eigenvalue weighted by Gasteiger charge is -1.93. The van der Waals surface area contributed by atoms with Gasteiger partial charge in [-0.25, -0.2) is 0 Å². The number of nitrogens with one attached hydrogen (secondary N) is 1. The molecule has 0 aliphatic rings. The maximum Gasteiger partial charge on any atom is 0.227 e. The molecular weight excluding hydrogens is 308 g/mol. The van der Waals surface area contributed by atoms with Gasteiger partial charge >= 0.3 is 0 Å². The SMILES string of the molecule is CCOC.CSC(=O)/C(Br)=C\NC=NCC=O. The second-order valence-corrected chi connectivity index (χ2v) is 4.02. The molecule has 0 unspecified atom stereocenters. The monoisotopic (exact) mass is 324 g/mol. The second kappa shape index (κ2) is 15.3. The lowest BCUT2D eigenvalue weighted by molar-refractivity contribution is -0.107. The van der Waals surface area contributed by atoms with E-state index < -0.39 is 0 Å². The van der Waals surface area contributed by atoms with Crippen molar-refractivity contribution in [1.29, 1.82) is 0 Å². The Morgan fingerprint density at radius 3 is 2.59 bits per heavy atom. The van der Waals surface area contributed by atoms with Crippen LogP contribution in [0.4, 0.5) is 0 Å². The molecule has 0 aliphatic heterocycles. The number of nitrogens with zero attached hydrogens (tertiary/aromatic N) is 1. The zero-order valence-electron chi connectivity index (χ0n) is 10.1. The van der Waals surface area contributed by atoms with Gasteiger partial charge in [0.15, 0.2) is 0 Å². The van der Waals surface area contributed by atoms with Gasteiger partial charge < -0.3 is 14.8 Å². The summed E-state index contributed by atoms with van der Waals surface area (Å²) in [5, 5.41) is 2.57. The molecular formula is C10H17BrN2O3S. The summed E-state index contributed by atoms with van der Waals surface area (Å²) in [7, 11) is 1.68. The topological polar surface area (TPSA) is 67.8 Å². The van der Waals surface area contributed by atoms with Crippen molar-refractivity contribution in [3.63, 3.8) is 0 Å². The number of rotatable bonds is 6. The quantitative estimate of drug-likeness (QED) is 0.348. The molecule has 98 valence electrons. The number of aliphatic imine (C=N–C) groups is 1. The van der Waals surface area contributed by atoms with Crippen molar-refractivity contribution in [3.8, 4) is 0 Å². The van der Waals surface area contributed by atoms with E-state index in [1.165, 1.54) is 12.5 Å². The number of hydrogen-bond acceptors (Lipinski definition) is 5. The Morgan fingerprint density at radius 1 is 1.59 bits per heavy atom. The second-order valence-electron chi connectivity index (χ2n) is 2.39. The Balaban J connectivity index is 0. The molecule has 0 aromatic carbocycles. The first kappa shape index (κ1) is 18.7. The molecule has 0 bridgehead atoms. The Hall–Kier alpha value is -0.660. The maximum atomic E-state index is 10.9. The molecule has 0 saturated carbocycles. The summed E-state index contributed by atoms with van der Waals surface area (Å²) in [6, 6.07) is 0. The van der Waals surface area contributed by atoms with Crippen LogP contribution in [-0.4, -0.2) is 44.3 Å². The highest BCUT2D eigenvalue weighted by molar-refractivity contribution is 9.12. The maximum absolute atomic E-state index is 10.9. The molecule has 0 saturated heterocycles. The Morgan fingerprint density at radius 2 is 2.18 bits per heavy atom. The summed E-state index contributed by atoms with van der Waals surface area (Å²) in [6.45, 7) is 2.90. The summed E-state index contributed by atoms with van der Waals surface area (Å²) in [4.78, 5) is 24.4. The first-order chi connectivity index (χ1) is 8.13. The van der Waals surface area contributed by atoms with Crippen LogP contribution >= 0.6 is 27.7 Å². The van der Waals surface area contributed by atoms with Crippen molar-refractivity contribution in [3.05, 3.63) is 10.7 Å². The van der Waals surface area contributed by atoms with Crippen molar-refractivity contribution in [2.45, 2.75) is 6.92 Å². The highest BCUT2D eigenvalue weighted by Crippen LogP contribution is 2.11. The largest absolute Gasteiger partial charge is 0.385 e. The minimum atomic E-state index is -0.0729. The minimum absolute atomic E-state index is 0.0729. The van der Waals surface area contributed by atoms with Crippen LogP contribution in [0.5, 0.6) is 0 Å². The third kappa shape index (κ3) is 15.3. The van der Waals surface area contributed by atoms with Gasteiger partial charge in [0.2, 0.25) is 5.12 Å². The first-order valence-electron chi connectivity index (χ1n) is 4.74. The van der Waals surface area contributed by atoms with Crippen molar-refractivity contribution >= 4 is 45.4 Å². The number of thioether (sulfide) groups is 1. The van der Waals surface area contributed by atoms with E-state index in [1.807, 2.05) is 6.92 Å². The van der Waals surface area contributed by atoms with Gasteiger partial charge in [-0.3, -0.25) is 9.79 Å². The number of methoxy groups -OCH3 is 1. The van der Waals surface area contributed by atoms with E-state index in [1.54, 1.807) is 13.4 Å². The normalized spacial score (nSPS) is 10.7. The van der Waals surface area contributed by atoms with Crippen LogP contribution in [0.25, 0.3) is 0 Å². The molecule has 17 heavy (non-hydrogen) atoms. The summed E-state index contributed by atoms with van der Waals surface area (Å²) in [6.07, 6.45) is 5.19. The van der Waals surface area contributed by atoms with Crippen molar-refractivity contribution < 1.29 is 14.3 Å². The Bertz CT molecular complexity index is 268. The van der Waals surface area contributed by atoms with Crippen LogP contribution in [0.2, 0.25) is 0 Å². The summed E-state index contributed by atoms with van der Waals surface area (Å²) >= 11 is 4.18. The number of hydrogen-bond donors (Lipinski definition) is 1. The van der Waals surface area contributed by atoms with Gasteiger partial charge in [0.05, 0.1) is 17.4 Å². The number of ether oxygens (including phenoxy) is 1. The molecule has 0 heterocycles. The van der Waals surface area contributed by atoms with E-state index in [-0.39, 0.29) is 11.7 Å². The van der Waals surface area contributed by atoms with Gasteiger partial charge in [0.1, 0.15) is 6.29 Å². The zero-order valence-corrected chi connectivity index (χ0v) is 12.5. The Labute approximate surface area is 114 Å². The van der Waals surface area contributed by atoms with Gasteiger partial charge in [-0.2, -0.15) is 0 Å². The summed E-state index contributed by atoms with van der Waals surface area (Å²) < 4.78 is 4.97. The number of aldehydes is 1. The Kier molecular flexibility index (Phi) is 16.9. The van der Waals surface area contributed by atoms with Gasteiger partial charge in [-0.05, 0) is 29.1 Å². The van der Waals surface area contributed by atoms with E-state index in [9.17, 15) is 9.59 Å². The van der Waals surface area contributed by atoms with Gasteiger partial charge in [0.25, 0.3) is 0 Å². The molecule has 0 rings (SSSR count). The molecule has 0 radical (unpaired) electrons. The van der Waals surface area contributed by atoms with Crippen LogP contribution in [0.15, 0.2) is 15.7 Å². The third-order valence-electron chi connectivity index (χ3n) is 1.22. The first-order valence-corrected chi connectivity index (χ1v) is 6.76. The minimum Gasteiger partial charge on any atom is -0.385 e. The van der Waals surface area contributed by atoms with Gasteiger partial charge in [0, 0.05) is 19.9 Å². The molecule has 0 atom stereocenters. The standard InChI is InChI=1S/C7H9BrN2O2S.C3H8O/c1-13-7(12)6(8)4-10-5-9-2-3-11;1-3-4-2/h3-5H,2H2,1H3,(H,9,10);3H2,1-2H3/b6-4+;. The number of carbonyl (C=O) groups is 2. The molecule has 5 nitrogen and oxygen atoms in total. The van der Waals surface area contributed by atoms with E-state index in [0.29, 0.717) is 10.8 Å². The average Bonchev–Trinajstić information content (AvgIpc) is 2.37. The number of carbonyl (C=O) groups excluding carboxylic acids is 2. The van der Waals surface area contributed by atoms with E-state index in [0.717, 1.165) is 18.4 Å². The molecule has 0 aromatic rings. The highest BCUT2D eigenvalue weighted by atomic mass is 79.9. The molecule has 0 aliphatic carbocycles. The van der Waals surface area contributed by atoms with Crippen LogP contribution in [0, 0.1) is 0 Å². The summed E-state index contributed by atoms with van der Waals surface area (Å²) in [5.41, 5.74) is 0. The van der Waals surface area contributed by atoms with Crippen LogP contribution in [0.1, 0.15) is 6.92 Å². The average molecular weight is 325 g/mol. The molecule has 0 amide bonds. The van der Waals surface area contributed by atoms with Gasteiger partial charge in [-0.1, -0.05) is 11.8 Å². The van der Waals surface area contributed by atoms with Crippen molar-refractivity contribution in [2.24, 2.45) is 4.99 Å². The fraction of sp³-hybridized carbons (Fsp3) is 0.500. The predicted molar refractivity (Wildman–Crippen MR) is 75.6 cm³/mol. The van der Waals surface area contributed by atoms with E-state index in [2.05, 4.69) is 31.0 Å². The fourth-order valence-corrected chi connectivity index (χ4v) is 1.29. The van der Waals surface area contributed by atoms with Crippen molar-refractivity contribution in [2.75, 3.05) is 26.5 Å². The molecule has 7 heteroatoms. The van der Waals surface area contributed by atoms with Crippen LogP contribution in [0.3, 0.4) is 0 Å². The molecule has 0 fully saturated rings. The number of halogens is 1. The smallest absolute Gasteiger partial charge is 0.227 e. The van der Waals surface area contributed by atoms with Gasteiger partial charge in [-0.15, -0.1) is 0 Å². The summed E-state index contributed by atoms with van der Waals surface area (Å²) in [5.74, 6) is 0. The van der Waals surface area contributed by atoms with Crippen LogP contribution in [-0.2, 0) is 14.3 Å².